The lowest BCUT2D eigenvalue weighted by molar-refractivity contribution is 0.169. The van der Waals surface area contributed by atoms with Gasteiger partial charge in [0.2, 0.25) is 0 Å². The van der Waals surface area contributed by atoms with Gasteiger partial charge in [0.1, 0.15) is 13.2 Å². The fraction of sp³-hybridized carbons (Fsp3) is 0.143. The largest absolute Gasteiger partial charge is 0.486 e. The standard InChI is InChI=1S/C14H8F2O4/c15-7-3-11-12(4-8(7)16)20-14-6-10-9(5-13(14)19-11)17-1-2-18-10/h3-6H,1-2H2. The zero-order valence-electron chi connectivity index (χ0n) is 10.1. The van der Waals surface area contributed by atoms with Gasteiger partial charge in [0, 0.05) is 24.3 Å². The predicted octanol–water partition coefficient (Wildman–Crippen LogP) is 3.63. The molecular weight excluding hydrogens is 270 g/mol. The van der Waals surface area contributed by atoms with Gasteiger partial charge in [-0.25, -0.2) is 8.78 Å². The van der Waals surface area contributed by atoms with Crippen LogP contribution in [0.1, 0.15) is 0 Å². The van der Waals surface area contributed by atoms with Gasteiger partial charge < -0.3 is 18.9 Å². The highest BCUT2D eigenvalue weighted by Gasteiger charge is 2.25. The number of hydrogen-bond acceptors (Lipinski definition) is 4. The van der Waals surface area contributed by atoms with E-state index in [0.29, 0.717) is 36.2 Å². The summed E-state index contributed by atoms with van der Waals surface area (Å²) >= 11 is 0. The van der Waals surface area contributed by atoms with E-state index in [2.05, 4.69) is 0 Å². The van der Waals surface area contributed by atoms with Crippen molar-refractivity contribution >= 4 is 0 Å². The summed E-state index contributed by atoms with van der Waals surface area (Å²) in [5.41, 5.74) is 0. The van der Waals surface area contributed by atoms with Crippen LogP contribution >= 0.6 is 0 Å². The van der Waals surface area contributed by atoms with Crippen molar-refractivity contribution in [2.75, 3.05) is 13.2 Å². The molecule has 0 fully saturated rings. The molecule has 2 aliphatic rings. The lowest BCUT2D eigenvalue weighted by Crippen LogP contribution is -2.15. The minimum absolute atomic E-state index is 0.119. The van der Waals surface area contributed by atoms with E-state index in [1.807, 2.05) is 0 Å². The van der Waals surface area contributed by atoms with Gasteiger partial charge in [0.25, 0.3) is 0 Å². The van der Waals surface area contributed by atoms with Gasteiger partial charge in [-0.2, -0.15) is 0 Å². The molecule has 4 nitrogen and oxygen atoms in total. The number of hydrogen-bond donors (Lipinski definition) is 0. The van der Waals surface area contributed by atoms with Crippen molar-refractivity contribution < 1.29 is 27.7 Å². The van der Waals surface area contributed by atoms with Crippen molar-refractivity contribution in [1.82, 2.24) is 0 Å². The van der Waals surface area contributed by atoms with Crippen molar-refractivity contribution in [2.24, 2.45) is 0 Å². The van der Waals surface area contributed by atoms with Gasteiger partial charge in [-0.15, -0.1) is 0 Å². The molecule has 0 atom stereocenters. The Balaban J connectivity index is 1.80. The van der Waals surface area contributed by atoms with Crippen LogP contribution in [0, 0.1) is 11.6 Å². The summed E-state index contributed by atoms with van der Waals surface area (Å²) in [7, 11) is 0. The van der Waals surface area contributed by atoms with Crippen LogP contribution in [0.3, 0.4) is 0 Å². The van der Waals surface area contributed by atoms with Crippen molar-refractivity contribution in [3.63, 3.8) is 0 Å². The summed E-state index contributed by atoms with van der Waals surface area (Å²) in [6, 6.07) is 5.11. The normalized spacial score (nSPS) is 14.7. The first kappa shape index (κ1) is 11.3. The van der Waals surface area contributed by atoms with Gasteiger partial charge in [0.05, 0.1) is 0 Å². The quantitative estimate of drug-likeness (QED) is 0.629. The topological polar surface area (TPSA) is 36.9 Å². The molecule has 6 heteroatoms. The van der Waals surface area contributed by atoms with Crippen LogP contribution in [0.5, 0.6) is 34.5 Å². The molecule has 0 amide bonds. The summed E-state index contributed by atoms with van der Waals surface area (Å²) in [6.45, 7) is 0.895. The number of rotatable bonds is 0. The van der Waals surface area contributed by atoms with Crippen LogP contribution in [-0.4, -0.2) is 13.2 Å². The number of halogens is 2. The highest BCUT2D eigenvalue weighted by Crippen LogP contribution is 2.50. The second kappa shape index (κ2) is 4.00. The van der Waals surface area contributed by atoms with Gasteiger partial charge in [0.15, 0.2) is 46.1 Å². The molecule has 2 aromatic carbocycles. The Morgan fingerprint density at radius 3 is 1.45 bits per heavy atom. The zero-order valence-corrected chi connectivity index (χ0v) is 10.1. The van der Waals surface area contributed by atoms with Gasteiger partial charge in [-0.05, 0) is 0 Å². The predicted molar refractivity (Wildman–Crippen MR) is 63.9 cm³/mol. The van der Waals surface area contributed by atoms with Crippen LogP contribution in [0.25, 0.3) is 0 Å². The average molecular weight is 278 g/mol. The maximum atomic E-state index is 13.2. The summed E-state index contributed by atoms with van der Waals surface area (Å²) in [5.74, 6) is 0.0534. The van der Waals surface area contributed by atoms with Gasteiger partial charge >= 0.3 is 0 Å². The molecule has 0 saturated carbocycles. The number of ether oxygens (including phenoxy) is 4. The molecule has 0 aromatic heterocycles. The van der Waals surface area contributed by atoms with E-state index >= 15 is 0 Å². The highest BCUT2D eigenvalue weighted by molar-refractivity contribution is 5.61. The van der Waals surface area contributed by atoms with Crippen LogP contribution in [0.15, 0.2) is 24.3 Å². The molecule has 2 aromatic rings. The van der Waals surface area contributed by atoms with E-state index in [0.717, 1.165) is 12.1 Å². The summed E-state index contributed by atoms with van der Waals surface area (Å²) in [4.78, 5) is 0. The van der Waals surface area contributed by atoms with E-state index in [1.54, 1.807) is 12.1 Å². The number of benzene rings is 2. The maximum absolute atomic E-state index is 13.2. The third-order valence-corrected chi connectivity index (χ3v) is 3.04. The summed E-state index contributed by atoms with van der Waals surface area (Å²) in [6.07, 6.45) is 0. The third-order valence-electron chi connectivity index (χ3n) is 3.04. The monoisotopic (exact) mass is 278 g/mol. The average Bonchev–Trinajstić information content (AvgIpc) is 2.44. The van der Waals surface area contributed by atoms with Gasteiger partial charge in [-0.1, -0.05) is 0 Å². The third kappa shape index (κ3) is 1.65. The van der Waals surface area contributed by atoms with Gasteiger partial charge in [-0.3, -0.25) is 0 Å². The highest BCUT2D eigenvalue weighted by atomic mass is 19.2. The second-order valence-electron chi connectivity index (χ2n) is 4.36. The molecule has 102 valence electrons. The lowest BCUT2D eigenvalue weighted by Gasteiger charge is -2.24. The van der Waals surface area contributed by atoms with Crippen LogP contribution in [0.2, 0.25) is 0 Å². The molecule has 0 radical (unpaired) electrons. The van der Waals surface area contributed by atoms with Crippen LogP contribution in [0.4, 0.5) is 8.78 Å². The summed E-state index contributed by atoms with van der Waals surface area (Å²) in [5, 5.41) is 0. The minimum atomic E-state index is -0.992. The molecule has 0 spiro atoms. The smallest absolute Gasteiger partial charge is 0.174 e. The molecule has 4 rings (SSSR count). The molecule has 20 heavy (non-hydrogen) atoms. The van der Waals surface area contributed by atoms with Crippen molar-refractivity contribution in [2.45, 2.75) is 0 Å². The Morgan fingerprint density at radius 2 is 1.00 bits per heavy atom. The Kier molecular flexibility index (Phi) is 2.26. The first-order valence-electron chi connectivity index (χ1n) is 5.99. The molecule has 0 aliphatic carbocycles. The molecule has 0 bridgehead atoms. The number of fused-ring (bicyclic) bond motifs is 3. The molecule has 0 unspecified atom stereocenters. The Bertz CT molecular complexity index is 655. The van der Waals surface area contributed by atoms with Crippen LogP contribution in [-0.2, 0) is 0 Å². The van der Waals surface area contributed by atoms with Crippen molar-refractivity contribution in [3.05, 3.63) is 35.9 Å². The van der Waals surface area contributed by atoms with E-state index in [9.17, 15) is 8.78 Å². The van der Waals surface area contributed by atoms with Crippen LogP contribution < -0.4 is 18.9 Å². The van der Waals surface area contributed by atoms with E-state index in [-0.39, 0.29) is 11.5 Å². The minimum Gasteiger partial charge on any atom is -0.486 e. The fourth-order valence-electron chi connectivity index (χ4n) is 2.12. The molecule has 0 saturated heterocycles. The zero-order chi connectivity index (χ0) is 13.7. The summed E-state index contributed by atoms with van der Waals surface area (Å²) < 4.78 is 48.3. The SMILES string of the molecule is Fc1cc2c(cc1F)Oc1cc3c(cc1O2)OCCO3. The molecule has 0 N–H and O–H groups in total. The first-order valence-corrected chi connectivity index (χ1v) is 5.99. The Labute approximate surface area is 112 Å². The molecule has 2 heterocycles. The van der Waals surface area contributed by atoms with E-state index < -0.39 is 11.6 Å². The molecular formula is C14H8F2O4. The molecule has 2 aliphatic heterocycles. The van der Waals surface area contributed by atoms with E-state index in [4.69, 9.17) is 18.9 Å². The first-order chi connectivity index (χ1) is 9.70. The Hall–Kier alpha value is -2.50. The maximum Gasteiger partial charge on any atom is 0.174 e. The lowest BCUT2D eigenvalue weighted by atomic mass is 10.2. The Morgan fingerprint density at radius 1 is 0.600 bits per heavy atom. The fourth-order valence-corrected chi connectivity index (χ4v) is 2.12. The van der Waals surface area contributed by atoms with E-state index in [1.165, 1.54) is 0 Å². The second-order valence-corrected chi connectivity index (χ2v) is 4.36. The van der Waals surface area contributed by atoms with Crippen molar-refractivity contribution in [3.8, 4) is 34.5 Å². The van der Waals surface area contributed by atoms with Crippen molar-refractivity contribution in [1.29, 1.82) is 0 Å².